The molecule has 0 saturated carbocycles. The van der Waals surface area contributed by atoms with E-state index in [9.17, 15) is 4.79 Å². The van der Waals surface area contributed by atoms with Gasteiger partial charge in [0.2, 0.25) is 5.91 Å². The van der Waals surface area contributed by atoms with E-state index in [-0.39, 0.29) is 11.8 Å². The van der Waals surface area contributed by atoms with Crippen LogP contribution in [0.25, 0.3) is 0 Å². The summed E-state index contributed by atoms with van der Waals surface area (Å²) in [5, 5.41) is 0. The summed E-state index contributed by atoms with van der Waals surface area (Å²) >= 11 is 0. The van der Waals surface area contributed by atoms with Crippen molar-refractivity contribution in [3.8, 4) is 0 Å². The van der Waals surface area contributed by atoms with Gasteiger partial charge < -0.3 is 0 Å². The zero-order chi connectivity index (χ0) is 9.40. The molecule has 0 heterocycles. The standard InChI is InChI=1S/C9H20N2O/c1-3-4-5-6-7-8(2)9(12)11-10/h8H,3-7,10H2,1-2H3,(H,11,12)/t8-/m0/s1. The van der Waals surface area contributed by atoms with E-state index >= 15 is 0 Å². The van der Waals surface area contributed by atoms with Crippen LogP contribution in [0, 0.1) is 5.92 Å². The normalized spacial score (nSPS) is 12.6. The second kappa shape index (κ2) is 7.10. The molecule has 12 heavy (non-hydrogen) atoms. The van der Waals surface area contributed by atoms with E-state index in [0.717, 1.165) is 12.8 Å². The predicted molar refractivity (Wildman–Crippen MR) is 50.3 cm³/mol. The molecule has 0 fully saturated rings. The molecule has 3 N–H and O–H groups in total. The molecule has 0 spiro atoms. The maximum Gasteiger partial charge on any atom is 0.236 e. The molecule has 0 aromatic heterocycles. The Labute approximate surface area is 74.7 Å². The smallest absolute Gasteiger partial charge is 0.236 e. The summed E-state index contributed by atoms with van der Waals surface area (Å²) in [5.41, 5.74) is 2.17. The molecule has 0 aliphatic heterocycles. The Morgan fingerprint density at radius 1 is 1.42 bits per heavy atom. The van der Waals surface area contributed by atoms with Gasteiger partial charge in [0.15, 0.2) is 0 Å². The molecule has 0 aromatic carbocycles. The number of hydrogen-bond donors (Lipinski definition) is 2. The van der Waals surface area contributed by atoms with E-state index in [1.807, 2.05) is 6.92 Å². The fourth-order valence-electron chi connectivity index (χ4n) is 1.15. The van der Waals surface area contributed by atoms with Crippen LogP contribution in [-0.2, 0) is 4.79 Å². The van der Waals surface area contributed by atoms with Crippen molar-refractivity contribution < 1.29 is 4.79 Å². The van der Waals surface area contributed by atoms with Crippen molar-refractivity contribution in [2.75, 3.05) is 0 Å². The molecule has 0 radical (unpaired) electrons. The van der Waals surface area contributed by atoms with Crippen LogP contribution >= 0.6 is 0 Å². The predicted octanol–water partition coefficient (Wildman–Crippen LogP) is 1.58. The first-order valence-corrected chi connectivity index (χ1v) is 4.72. The van der Waals surface area contributed by atoms with E-state index in [1.54, 1.807) is 0 Å². The Balaban J connectivity index is 3.31. The van der Waals surface area contributed by atoms with Crippen LogP contribution in [0.15, 0.2) is 0 Å². The van der Waals surface area contributed by atoms with E-state index in [1.165, 1.54) is 19.3 Å². The summed E-state index contributed by atoms with van der Waals surface area (Å²) in [7, 11) is 0. The van der Waals surface area contributed by atoms with Gasteiger partial charge in [0.25, 0.3) is 0 Å². The lowest BCUT2D eigenvalue weighted by molar-refractivity contribution is -0.124. The van der Waals surface area contributed by atoms with Gasteiger partial charge >= 0.3 is 0 Å². The number of unbranched alkanes of at least 4 members (excludes halogenated alkanes) is 3. The first kappa shape index (κ1) is 11.4. The minimum absolute atomic E-state index is 0.0495. The molecule has 0 saturated heterocycles. The molecule has 0 aliphatic rings. The first-order valence-electron chi connectivity index (χ1n) is 4.72. The fraction of sp³-hybridized carbons (Fsp3) is 0.889. The Kier molecular flexibility index (Phi) is 6.76. The van der Waals surface area contributed by atoms with Gasteiger partial charge in [0.05, 0.1) is 0 Å². The molecular weight excluding hydrogens is 152 g/mol. The lowest BCUT2D eigenvalue weighted by atomic mass is 10.0. The minimum Gasteiger partial charge on any atom is -0.294 e. The quantitative estimate of drug-likeness (QED) is 0.276. The number of carbonyl (C=O) groups excluding carboxylic acids is 1. The van der Waals surface area contributed by atoms with Gasteiger partial charge in [-0.1, -0.05) is 39.5 Å². The molecule has 0 aromatic rings. The molecule has 1 amide bonds. The zero-order valence-electron chi connectivity index (χ0n) is 8.10. The minimum atomic E-state index is -0.0495. The van der Waals surface area contributed by atoms with Gasteiger partial charge in [0, 0.05) is 5.92 Å². The van der Waals surface area contributed by atoms with E-state index in [2.05, 4.69) is 12.3 Å². The summed E-state index contributed by atoms with van der Waals surface area (Å²) < 4.78 is 0. The van der Waals surface area contributed by atoms with Crippen molar-refractivity contribution in [1.29, 1.82) is 0 Å². The van der Waals surface area contributed by atoms with Crippen LogP contribution in [0.1, 0.15) is 46.0 Å². The zero-order valence-corrected chi connectivity index (χ0v) is 8.10. The topological polar surface area (TPSA) is 55.1 Å². The highest BCUT2D eigenvalue weighted by atomic mass is 16.2. The fourth-order valence-corrected chi connectivity index (χ4v) is 1.15. The number of hydrogen-bond acceptors (Lipinski definition) is 2. The first-order chi connectivity index (χ1) is 5.72. The van der Waals surface area contributed by atoms with Crippen molar-refractivity contribution in [2.45, 2.75) is 46.0 Å². The van der Waals surface area contributed by atoms with E-state index in [4.69, 9.17) is 5.84 Å². The highest BCUT2D eigenvalue weighted by Crippen LogP contribution is 2.09. The third-order valence-corrected chi connectivity index (χ3v) is 2.08. The van der Waals surface area contributed by atoms with Gasteiger partial charge in [-0.25, -0.2) is 5.84 Å². The van der Waals surface area contributed by atoms with Gasteiger partial charge in [-0.05, 0) is 6.42 Å². The van der Waals surface area contributed by atoms with Gasteiger partial charge in [-0.3, -0.25) is 10.2 Å². The van der Waals surface area contributed by atoms with Crippen molar-refractivity contribution in [3.63, 3.8) is 0 Å². The molecular formula is C9H20N2O. The number of nitrogens with one attached hydrogen (secondary N) is 1. The molecule has 0 unspecified atom stereocenters. The van der Waals surface area contributed by atoms with Crippen molar-refractivity contribution in [1.82, 2.24) is 5.43 Å². The monoisotopic (exact) mass is 172 g/mol. The third kappa shape index (κ3) is 5.13. The van der Waals surface area contributed by atoms with Crippen LogP contribution in [0.4, 0.5) is 0 Å². The highest BCUT2D eigenvalue weighted by molar-refractivity contribution is 5.77. The molecule has 3 heteroatoms. The lowest BCUT2D eigenvalue weighted by Gasteiger charge is -2.08. The SMILES string of the molecule is CCCCCC[C@H](C)C(=O)NN. The van der Waals surface area contributed by atoms with Gasteiger partial charge in [0.1, 0.15) is 0 Å². The second-order valence-electron chi connectivity index (χ2n) is 3.26. The third-order valence-electron chi connectivity index (χ3n) is 2.08. The summed E-state index contributed by atoms with van der Waals surface area (Å²) in [4.78, 5) is 10.9. The van der Waals surface area contributed by atoms with Crippen molar-refractivity contribution in [3.05, 3.63) is 0 Å². The number of rotatable bonds is 6. The number of hydrazine groups is 1. The van der Waals surface area contributed by atoms with Crippen LogP contribution < -0.4 is 11.3 Å². The van der Waals surface area contributed by atoms with Crippen LogP contribution in [-0.4, -0.2) is 5.91 Å². The van der Waals surface area contributed by atoms with Crippen molar-refractivity contribution in [2.24, 2.45) is 11.8 Å². The number of amides is 1. The maximum atomic E-state index is 10.9. The Bertz CT molecular complexity index is 126. The summed E-state index contributed by atoms with van der Waals surface area (Å²) in [5.74, 6) is 5.02. The van der Waals surface area contributed by atoms with Crippen LogP contribution in [0.3, 0.4) is 0 Å². The van der Waals surface area contributed by atoms with Crippen LogP contribution in [0.5, 0.6) is 0 Å². The van der Waals surface area contributed by atoms with Crippen LogP contribution in [0.2, 0.25) is 0 Å². The average Bonchev–Trinajstić information content (AvgIpc) is 2.10. The van der Waals surface area contributed by atoms with E-state index < -0.39 is 0 Å². The second-order valence-corrected chi connectivity index (χ2v) is 3.26. The average molecular weight is 172 g/mol. The molecule has 0 bridgehead atoms. The van der Waals surface area contributed by atoms with Gasteiger partial charge in [-0.15, -0.1) is 0 Å². The largest absolute Gasteiger partial charge is 0.294 e. The molecule has 3 nitrogen and oxygen atoms in total. The summed E-state index contributed by atoms with van der Waals surface area (Å²) in [6.45, 7) is 4.09. The molecule has 0 aliphatic carbocycles. The Hall–Kier alpha value is -0.570. The Morgan fingerprint density at radius 2 is 2.08 bits per heavy atom. The Morgan fingerprint density at radius 3 is 2.58 bits per heavy atom. The van der Waals surface area contributed by atoms with Gasteiger partial charge in [-0.2, -0.15) is 0 Å². The molecule has 1 atom stereocenters. The molecule has 0 rings (SSSR count). The summed E-state index contributed by atoms with van der Waals surface area (Å²) in [6, 6.07) is 0. The number of nitrogens with two attached hydrogens (primary N) is 1. The van der Waals surface area contributed by atoms with Crippen molar-refractivity contribution >= 4 is 5.91 Å². The number of carbonyl (C=O) groups is 1. The maximum absolute atomic E-state index is 10.9. The highest BCUT2D eigenvalue weighted by Gasteiger charge is 2.09. The van der Waals surface area contributed by atoms with E-state index in [0.29, 0.717) is 0 Å². The lowest BCUT2D eigenvalue weighted by Crippen LogP contribution is -2.34. The molecule has 72 valence electrons. The summed E-state index contributed by atoms with van der Waals surface area (Å²) in [6.07, 6.45) is 5.79.